The van der Waals surface area contributed by atoms with Gasteiger partial charge in [-0.15, -0.1) is 11.3 Å². The number of hydrogen-bond acceptors (Lipinski definition) is 2. The van der Waals surface area contributed by atoms with E-state index in [9.17, 15) is 0 Å². The first-order valence-corrected chi connectivity index (χ1v) is 20.9. The van der Waals surface area contributed by atoms with Crippen molar-refractivity contribution in [3.05, 3.63) is 230 Å². The van der Waals surface area contributed by atoms with Crippen LogP contribution in [-0.4, -0.2) is 4.57 Å². The van der Waals surface area contributed by atoms with Crippen LogP contribution in [0.25, 0.3) is 82.1 Å². The molecule has 0 bridgehead atoms. The Kier molecular flexibility index (Phi) is 8.72. The van der Waals surface area contributed by atoms with Crippen molar-refractivity contribution in [3.63, 3.8) is 0 Å². The maximum Gasteiger partial charge on any atom is 0.0541 e. The molecular weight excluding hydrogens is 733 g/mol. The third-order valence-corrected chi connectivity index (χ3v) is 12.4. The summed E-state index contributed by atoms with van der Waals surface area (Å²) in [5.74, 6) is 0. The molecule has 0 atom stereocenters. The average Bonchev–Trinajstić information content (AvgIpc) is 3.89. The van der Waals surface area contributed by atoms with Crippen LogP contribution < -0.4 is 4.90 Å². The summed E-state index contributed by atoms with van der Waals surface area (Å²) >= 11 is 1.81. The van der Waals surface area contributed by atoms with Crippen LogP contribution in [-0.2, 0) is 0 Å². The molecule has 0 N–H and O–H groups in total. The van der Waals surface area contributed by atoms with E-state index in [1.807, 2.05) is 11.3 Å². The van der Waals surface area contributed by atoms with Gasteiger partial charge in [-0.25, -0.2) is 0 Å². The predicted molar refractivity (Wildman–Crippen MR) is 253 cm³/mol. The van der Waals surface area contributed by atoms with E-state index in [4.69, 9.17) is 0 Å². The first-order chi connectivity index (χ1) is 29.2. The number of thiophene rings is 1. The van der Waals surface area contributed by atoms with Gasteiger partial charge in [0.2, 0.25) is 0 Å². The van der Waals surface area contributed by atoms with E-state index in [-0.39, 0.29) is 0 Å². The van der Waals surface area contributed by atoms with Gasteiger partial charge < -0.3 is 9.47 Å². The zero-order valence-corrected chi connectivity index (χ0v) is 33.1. The maximum absolute atomic E-state index is 2.40. The van der Waals surface area contributed by atoms with E-state index in [0.717, 1.165) is 22.7 Å². The van der Waals surface area contributed by atoms with E-state index >= 15 is 0 Å². The molecule has 278 valence electrons. The Balaban J connectivity index is 1.01. The van der Waals surface area contributed by atoms with E-state index < -0.39 is 0 Å². The monoisotopic (exact) mass is 770 g/mol. The van der Waals surface area contributed by atoms with Gasteiger partial charge in [0.05, 0.1) is 11.0 Å². The highest BCUT2D eigenvalue weighted by Gasteiger charge is 2.18. The normalized spacial score (nSPS) is 11.4. The summed E-state index contributed by atoms with van der Waals surface area (Å²) in [6.07, 6.45) is 0. The minimum Gasteiger partial charge on any atom is -0.310 e. The number of nitrogens with zero attached hydrogens (tertiary/aromatic N) is 2. The minimum atomic E-state index is 1.11. The first-order valence-electron chi connectivity index (χ1n) is 20.1. The largest absolute Gasteiger partial charge is 0.310 e. The molecule has 11 aromatic rings. The highest BCUT2D eigenvalue weighted by molar-refractivity contribution is 7.17. The molecule has 9 aromatic carbocycles. The Morgan fingerprint density at radius 2 is 0.746 bits per heavy atom. The van der Waals surface area contributed by atoms with Gasteiger partial charge in [-0.05, 0) is 117 Å². The van der Waals surface area contributed by atoms with Gasteiger partial charge in [-0.2, -0.15) is 0 Å². The summed E-state index contributed by atoms with van der Waals surface area (Å²) in [5, 5.41) is 6.09. The highest BCUT2D eigenvalue weighted by Crippen LogP contribution is 2.43. The summed E-state index contributed by atoms with van der Waals surface area (Å²) in [7, 11) is 0. The quantitative estimate of drug-likeness (QED) is 0.149. The zero-order valence-electron chi connectivity index (χ0n) is 32.2. The molecule has 59 heavy (non-hydrogen) atoms. The van der Waals surface area contributed by atoms with Crippen LogP contribution >= 0.6 is 11.3 Å². The van der Waals surface area contributed by atoms with E-state index in [2.05, 4.69) is 239 Å². The first kappa shape index (κ1) is 34.8. The molecule has 0 saturated heterocycles. The zero-order chi connectivity index (χ0) is 39.1. The lowest BCUT2D eigenvalue weighted by Gasteiger charge is -2.26. The summed E-state index contributed by atoms with van der Waals surface area (Å²) in [4.78, 5) is 2.37. The van der Waals surface area contributed by atoms with Gasteiger partial charge in [0, 0.05) is 49.2 Å². The van der Waals surface area contributed by atoms with Crippen molar-refractivity contribution < 1.29 is 0 Å². The van der Waals surface area contributed by atoms with Crippen LogP contribution in [0.1, 0.15) is 0 Å². The molecular formula is C56H38N2S. The lowest BCUT2D eigenvalue weighted by Crippen LogP contribution is -2.09. The number of anilines is 3. The molecule has 0 aliphatic heterocycles. The van der Waals surface area contributed by atoms with Gasteiger partial charge in [0.25, 0.3) is 0 Å². The van der Waals surface area contributed by atoms with Gasteiger partial charge in [0.15, 0.2) is 0 Å². The number of para-hydroxylation sites is 1. The summed E-state index contributed by atoms with van der Waals surface area (Å²) in [6.45, 7) is 0. The molecule has 2 heterocycles. The number of rotatable bonds is 8. The number of aromatic nitrogens is 1. The van der Waals surface area contributed by atoms with Gasteiger partial charge in [-0.1, -0.05) is 152 Å². The van der Waals surface area contributed by atoms with Crippen molar-refractivity contribution in [1.29, 1.82) is 0 Å². The van der Waals surface area contributed by atoms with Crippen LogP contribution in [0.2, 0.25) is 0 Å². The smallest absolute Gasteiger partial charge is 0.0541 e. The van der Waals surface area contributed by atoms with Crippen molar-refractivity contribution >= 4 is 60.3 Å². The van der Waals surface area contributed by atoms with E-state index in [1.54, 1.807) is 0 Å². The standard InChI is InChI=1S/C56H38N2S/c1-5-13-39(14-6-1)42-21-27-47(28-22-42)57(48-29-23-43(24-30-48)40-15-7-2-8-16-40)49-31-32-50-53(38-59-56(50)37-49)45-26-34-55-52(36-45)51-35-44(41-17-9-3-10-18-41)25-33-54(51)58(55)46-19-11-4-12-20-46/h1-38H. The molecule has 0 fully saturated rings. The molecule has 11 rings (SSSR count). The Morgan fingerprint density at radius 3 is 1.29 bits per heavy atom. The van der Waals surface area contributed by atoms with Crippen molar-refractivity contribution in [2.75, 3.05) is 4.90 Å². The lowest BCUT2D eigenvalue weighted by molar-refractivity contribution is 1.18. The van der Waals surface area contributed by atoms with E-state index in [1.165, 1.54) is 76.4 Å². The van der Waals surface area contributed by atoms with Crippen LogP contribution in [0.4, 0.5) is 17.1 Å². The second-order valence-corrected chi connectivity index (χ2v) is 15.9. The fourth-order valence-electron chi connectivity index (χ4n) is 8.55. The topological polar surface area (TPSA) is 8.17 Å². The third kappa shape index (κ3) is 6.39. The predicted octanol–water partition coefficient (Wildman–Crippen LogP) is 16.1. The van der Waals surface area contributed by atoms with Crippen LogP contribution in [0.3, 0.4) is 0 Å². The van der Waals surface area contributed by atoms with Crippen molar-refractivity contribution in [3.8, 4) is 50.2 Å². The van der Waals surface area contributed by atoms with Crippen molar-refractivity contribution in [2.45, 2.75) is 0 Å². The van der Waals surface area contributed by atoms with Crippen molar-refractivity contribution in [2.24, 2.45) is 0 Å². The van der Waals surface area contributed by atoms with E-state index in [0.29, 0.717) is 0 Å². The Bertz CT molecular complexity index is 3140. The summed E-state index contributed by atoms with van der Waals surface area (Å²) < 4.78 is 3.65. The fourth-order valence-corrected chi connectivity index (χ4v) is 9.55. The van der Waals surface area contributed by atoms with Crippen LogP contribution in [0, 0.1) is 0 Å². The van der Waals surface area contributed by atoms with Gasteiger partial charge in [-0.3, -0.25) is 0 Å². The molecule has 0 unspecified atom stereocenters. The molecule has 0 saturated carbocycles. The van der Waals surface area contributed by atoms with Gasteiger partial charge in [0.1, 0.15) is 0 Å². The number of hydrogen-bond donors (Lipinski definition) is 0. The molecule has 2 aromatic heterocycles. The second-order valence-electron chi connectivity index (χ2n) is 15.0. The molecule has 0 aliphatic rings. The van der Waals surface area contributed by atoms with Crippen LogP contribution in [0.5, 0.6) is 0 Å². The maximum atomic E-state index is 2.40. The number of benzene rings is 9. The average molecular weight is 771 g/mol. The molecule has 2 nitrogen and oxygen atoms in total. The summed E-state index contributed by atoms with van der Waals surface area (Å²) in [5.41, 5.74) is 16.7. The van der Waals surface area contributed by atoms with Crippen molar-refractivity contribution in [1.82, 2.24) is 4.57 Å². The minimum absolute atomic E-state index is 1.11. The number of fused-ring (bicyclic) bond motifs is 4. The molecule has 0 spiro atoms. The Morgan fingerprint density at radius 1 is 0.322 bits per heavy atom. The summed E-state index contributed by atoms with van der Waals surface area (Å²) in [6, 6.07) is 81.2. The molecule has 3 heteroatoms. The molecule has 0 aliphatic carbocycles. The van der Waals surface area contributed by atoms with Gasteiger partial charge >= 0.3 is 0 Å². The SMILES string of the molecule is c1ccc(-c2ccc(N(c3ccc(-c4ccccc4)cc3)c3ccc4c(-c5ccc6c(c5)c5cc(-c7ccccc7)ccc5n6-c5ccccc5)csc4c3)cc2)cc1. The Hall–Kier alpha value is -7.46. The van der Waals surface area contributed by atoms with Crippen LogP contribution in [0.15, 0.2) is 230 Å². The second kappa shape index (κ2) is 14.8. The third-order valence-electron chi connectivity index (χ3n) is 11.5. The Labute approximate surface area is 348 Å². The fraction of sp³-hybridized carbons (Fsp3) is 0. The molecule has 0 radical (unpaired) electrons. The molecule has 0 amide bonds. The highest BCUT2D eigenvalue weighted by atomic mass is 32.1. The lowest BCUT2D eigenvalue weighted by atomic mass is 10.00.